The largest absolute Gasteiger partial charge is 0.462 e. The van der Waals surface area contributed by atoms with Crippen molar-refractivity contribution in [2.24, 2.45) is 0 Å². The smallest absolute Gasteiger partial charge is 0.319 e. The van der Waals surface area contributed by atoms with Crippen LogP contribution in [0.4, 0.5) is 0 Å². The lowest BCUT2D eigenvalue weighted by Gasteiger charge is -2.06. The van der Waals surface area contributed by atoms with E-state index in [0.29, 0.717) is 0 Å². The molecule has 0 N–H and O–H groups in total. The second kappa shape index (κ2) is 6.18. The average molecular weight is 356 g/mol. The molecule has 1 saturated heterocycles. The lowest BCUT2D eigenvalue weighted by molar-refractivity contribution is -0.140. The zero-order chi connectivity index (χ0) is 16.7. The minimum absolute atomic E-state index is 0.0178. The third-order valence-electron chi connectivity index (χ3n) is 3.91. The Hall–Kier alpha value is -1.92. The van der Waals surface area contributed by atoms with Crippen molar-refractivity contribution in [3.8, 4) is 10.4 Å². The van der Waals surface area contributed by atoms with E-state index in [0.717, 1.165) is 32.4 Å². The molecule has 24 heavy (non-hydrogen) atoms. The van der Waals surface area contributed by atoms with Crippen molar-refractivity contribution in [1.82, 2.24) is 9.97 Å². The van der Waals surface area contributed by atoms with Crippen LogP contribution in [0.5, 0.6) is 0 Å². The summed E-state index contributed by atoms with van der Waals surface area (Å²) in [5, 5.41) is 1.70. The molecule has 1 aromatic carbocycles. The van der Waals surface area contributed by atoms with Crippen LogP contribution in [0.25, 0.3) is 20.7 Å². The van der Waals surface area contributed by atoms with Gasteiger partial charge < -0.3 is 4.74 Å². The second-order valence-electron chi connectivity index (χ2n) is 5.86. The molecule has 0 aliphatic carbocycles. The summed E-state index contributed by atoms with van der Waals surface area (Å²) < 4.78 is 5.26. The molecule has 1 aliphatic heterocycles. The van der Waals surface area contributed by atoms with Crippen LogP contribution in [0, 0.1) is 6.92 Å². The number of carbonyl (C=O) groups is 1. The first kappa shape index (κ1) is 15.6. The van der Waals surface area contributed by atoms with Crippen LogP contribution in [0.15, 0.2) is 41.4 Å². The maximum Gasteiger partial charge on any atom is 0.319 e. The number of thiophene rings is 1. The zero-order valence-electron chi connectivity index (χ0n) is 13.4. The van der Waals surface area contributed by atoms with Crippen LogP contribution in [0.3, 0.4) is 0 Å². The number of benzene rings is 1. The molecule has 0 bridgehead atoms. The highest BCUT2D eigenvalue weighted by Gasteiger charge is 2.33. The average Bonchev–Trinajstić information content (AvgIpc) is 3.11. The third-order valence-corrected chi connectivity index (χ3v) is 6.19. The number of nitrogens with zero attached hydrogens (tertiary/aromatic N) is 2. The minimum atomic E-state index is -0.183. The normalized spacial score (nSPS) is 20.5. The number of hydrogen-bond donors (Lipinski definition) is 0. The Morgan fingerprint density at radius 2 is 2.04 bits per heavy atom. The molecule has 6 heteroatoms. The van der Waals surface area contributed by atoms with Gasteiger partial charge in [-0.1, -0.05) is 42.1 Å². The Labute approximate surface area is 148 Å². The Bertz CT molecular complexity index is 908. The summed E-state index contributed by atoms with van der Waals surface area (Å²) in [7, 11) is 0. The lowest BCUT2D eigenvalue weighted by atomic mass is 10.2. The molecule has 1 aliphatic rings. The summed E-state index contributed by atoms with van der Waals surface area (Å²) in [6.45, 7) is 3.82. The molecule has 0 amide bonds. The summed E-state index contributed by atoms with van der Waals surface area (Å²) in [4.78, 5) is 23.2. The van der Waals surface area contributed by atoms with Crippen LogP contribution >= 0.6 is 23.1 Å². The predicted octanol–water partition coefficient (Wildman–Crippen LogP) is 4.46. The van der Waals surface area contributed by atoms with Gasteiger partial charge in [0.2, 0.25) is 0 Å². The van der Waals surface area contributed by atoms with E-state index in [9.17, 15) is 4.79 Å². The summed E-state index contributed by atoms with van der Waals surface area (Å²) in [6.07, 6.45) is 0.708. The molecule has 4 nitrogen and oxygen atoms in total. The van der Waals surface area contributed by atoms with E-state index in [1.807, 2.05) is 32.0 Å². The summed E-state index contributed by atoms with van der Waals surface area (Å²) in [5.41, 5.74) is 1.17. The molecule has 0 saturated carbocycles. The first-order valence-electron chi connectivity index (χ1n) is 7.81. The summed E-state index contributed by atoms with van der Waals surface area (Å²) >= 11 is 3.15. The number of esters is 1. The van der Waals surface area contributed by atoms with Gasteiger partial charge in [0.15, 0.2) is 0 Å². The molecule has 4 rings (SSSR count). The quantitative estimate of drug-likeness (QED) is 0.512. The number of aromatic nitrogens is 2. The first-order valence-corrected chi connectivity index (χ1v) is 9.50. The van der Waals surface area contributed by atoms with E-state index in [-0.39, 0.29) is 17.3 Å². The number of rotatable bonds is 3. The van der Waals surface area contributed by atoms with E-state index in [2.05, 4.69) is 28.2 Å². The Kier molecular flexibility index (Phi) is 4.02. The highest BCUT2D eigenvalue weighted by atomic mass is 32.2. The standard InChI is InChI=1S/C18H16N2O2S2/c1-10-8-15(18(21)22-10)24-17-13-9-14(12-6-4-3-5-7-12)23-16(13)19-11(2)20-17/h3-7,9-10,15H,8H2,1-2H3/t10-,15+/m0/s1. The molecule has 2 aromatic heterocycles. The molecular weight excluding hydrogens is 340 g/mol. The Morgan fingerprint density at radius 3 is 2.75 bits per heavy atom. The number of aryl methyl sites for hydroxylation is 1. The van der Waals surface area contributed by atoms with Crippen molar-refractivity contribution in [3.63, 3.8) is 0 Å². The van der Waals surface area contributed by atoms with Crippen LogP contribution < -0.4 is 0 Å². The number of carbonyl (C=O) groups excluding carboxylic acids is 1. The monoisotopic (exact) mass is 356 g/mol. The van der Waals surface area contributed by atoms with E-state index < -0.39 is 0 Å². The molecule has 0 spiro atoms. The maximum absolute atomic E-state index is 12.0. The minimum Gasteiger partial charge on any atom is -0.462 e. The van der Waals surface area contributed by atoms with Crippen LogP contribution in [0.2, 0.25) is 0 Å². The van der Waals surface area contributed by atoms with Gasteiger partial charge in [0, 0.05) is 16.7 Å². The van der Waals surface area contributed by atoms with E-state index in [4.69, 9.17) is 4.74 Å². The number of cyclic esters (lactones) is 1. The SMILES string of the molecule is Cc1nc(S[C@@H]2C[C@H](C)OC2=O)c2cc(-c3ccccc3)sc2n1. The highest BCUT2D eigenvalue weighted by molar-refractivity contribution is 8.00. The van der Waals surface area contributed by atoms with Crippen LogP contribution in [-0.2, 0) is 9.53 Å². The van der Waals surface area contributed by atoms with Crippen molar-refractivity contribution in [1.29, 1.82) is 0 Å². The summed E-state index contributed by atoms with van der Waals surface area (Å²) in [6, 6.07) is 12.4. The van der Waals surface area contributed by atoms with Crippen LogP contribution in [-0.4, -0.2) is 27.3 Å². The topological polar surface area (TPSA) is 52.1 Å². The van der Waals surface area contributed by atoms with E-state index >= 15 is 0 Å². The molecule has 0 radical (unpaired) electrons. The molecule has 122 valence electrons. The fraction of sp³-hybridized carbons (Fsp3) is 0.278. The van der Waals surface area contributed by atoms with Gasteiger partial charge in [-0.15, -0.1) is 11.3 Å². The lowest BCUT2D eigenvalue weighted by Crippen LogP contribution is -2.10. The highest BCUT2D eigenvalue weighted by Crippen LogP contribution is 2.39. The van der Waals surface area contributed by atoms with Crippen molar-refractivity contribution >= 4 is 39.3 Å². The molecule has 3 aromatic rings. The van der Waals surface area contributed by atoms with Crippen molar-refractivity contribution in [3.05, 3.63) is 42.2 Å². The molecule has 0 unspecified atom stereocenters. The van der Waals surface area contributed by atoms with Gasteiger partial charge in [-0.3, -0.25) is 4.79 Å². The van der Waals surface area contributed by atoms with Gasteiger partial charge >= 0.3 is 5.97 Å². The number of fused-ring (bicyclic) bond motifs is 1. The van der Waals surface area contributed by atoms with Crippen molar-refractivity contribution in [2.75, 3.05) is 0 Å². The van der Waals surface area contributed by atoms with Gasteiger partial charge in [0.05, 0.1) is 0 Å². The fourth-order valence-electron chi connectivity index (χ4n) is 2.78. The second-order valence-corrected chi connectivity index (χ2v) is 8.08. The van der Waals surface area contributed by atoms with Crippen LogP contribution in [0.1, 0.15) is 19.2 Å². The van der Waals surface area contributed by atoms with E-state index in [1.54, 1.807) is 11.3 Å². The zero-order valence-corrected chi connectivity index (χ0v) is 15.0. The fourth-order valence-corrected chi connectivity index (χ4v) is 5.19. The maximum atomic E-state index is 12.0. The number of thioether (sulfide) groups is 1. The predicted molar refractivity (Wildman–Crippen MR) is 97.4 cm³/mol. The Morgan fingerprint density at radius 1 is 1.25 bits per heavy atom. The first-order chi connectivity index (χ1) is 11.6. The Balaban J connectivity index is 1.75. The van der Waals surface area contributed by atoms with Gasteiger partial charge in [0.25, 0.3) is 0 Å². The number of hydrogen-bond acceptors (Lipinski definition) is 6. The van der Waals surface area contributed by atoms with Crippen molar-refractivity contribution < 1.29 is 9.53 Å². The number of ether oxygens (including phenoxy) is 1. The molecular formula is C18H16N2O2S2. The molecule has 1 fully saturated rings. The van der Waals surface area contributed by atoms with Gasteiger partial charge in [-0.25, -0.2) is 9.97 Å². The summed E-state index contributed by atoms with van der Waals surface area (Å²) in [5.74, 6) is 0.585. The molecule has 3 heterocycles. The van der Waals surface area contributed by atoms with Gasteiger partial charge in [-0.05, 0) is 25.5 Å². The third kappa shape index (κ3) is 2.91. The van der Waals surface area contributed by atoms with Crippen molar-refractivity contribution in [2.45, 2.75) is 36.6 Å². The molecule has 2 atom stereocenters. The van der Waals surface area contributed by atoms with E-state index in [1.165, 1.54) is 17.3 Å². The van der Waals surface area contributed by atoms with Gasteiger partial charge in [-0.2, -0.15) is 0 Å². The van der Waals surface area contributed by atoms with Gasteiger partial charge in [0.1, 0.15) is 27.0 Å².